The first-order valence-electron chi connectivity index (χ1n) is 9.14. The van der Waals surface area contributed by atoms with Gasteiger partial charge in [-0.25, -0.2) is 9.18 Å². The van der Waals surface area contributed by atoms with Gasteiger partial charge in [-0.1, -0.05) is 0 Å². The molecule has 1 amide bonds. The van der Waals surface area contributed by atoms with Crippen molar-refractivity contribution >= 4 is 11.8 Å². The topological polar surface area (TPSA) is 71.5 Å². The van der Waals surface area contributed by atoms with E-state index >= 15 is 0 Å². The molecular weight excluding hydrogens is 367 g/mol. The molecule has 1 fully saturated rings. The van der Waals surface area contributed by atoms with Crippen molar-refractivity contribution in [2.75, 3.05) is 44.4 Å². The van der Waals surface area contributed by atoms with Crippen LogP contribution < -0.4 is 14.4 Å². The van der Waals surface area contributed by atoms with Gasteiger partial charge in [0.2, 0.25) is 0 Å². The molecule has 148 valence electrons. The maximum Gasteiger partial charge on any atom is 0.420 e. The molecule has 0 unspecified atom stereocenters. The van der Waals surface area contributed by atoms with Crippen molar-refractivity contribution in [3.63, 3.8) is 0 Å². The molecule has 1 saturated heterocycles. The number of anilines is 1. The molecule has 2 aromatic carbocycles. The van der Waals surface area contributed by atoms with Crippen LogP contribution in [0.2, 0.25) is 0 Å². The Hall–Kier alpha value is -2.84. The van der Waals surface area contributed by atoms with E-state index in [1.165, 1.54) is 11.0 Å². The summed E-state index contributed by atoms with van der Waals surface area (Å²) in [5.74, 6) is -0.416. The van der Waals surface area contributed by atoms with E-state index in [0.29, 0.717) is 23.6 Å². The second kappa shape index (κ2) is 8.04. The summed E-state index contributed by atoms with van der Waals surface area (Å²) in [6.45, 7) is 4.90. The van der Waals surface area contributed by atoms with Crippen molar-refractivity contribution in [1.29, 1.82) is 0 Å². The van der Waals surface area contributed by atoms with Crippen LogP contribution in [0.4, 0.5) is 14.9 Å². The predicted octanol–water partition coefficient (Wildman–Crippen LogP) is 2.76. The van der Waals surface area contributed by atoms with E-state index in [9.17, 15) is 14.3 Å². The first-order chi connectivity index (χ1) is 13.6. The molecular formula is C20H21FN2O5. The van der Waals surface area contributed by atoms with Crippen LogP contribution in [-0.4, -0.2) is 55.6 Å². The van der Waals surface area contributed by atoms with Crippen molar-refractivity contribution in [2.45, 2.75) is 6.54 Å². The number of carbonyl (C=O) groups is 1. The van der Waals surface area contributed by atoms with Crippen molar-refractivity contribution in [2.24, 2.45) is 0 Å². The smallest absolute Gasteiger partial charge is 0.420 e. The van der Waals surface area contributed by atoms with Gasteiger partial charge >= 0.3 is 6.09 Å². The Morgan fingerprint density at radius 1 is 1.14 bits per heavy atom. The monoisotopic (exact) mass is 388 g/mol. The summed E-state index contributed by atoms with van der Waals surface area (Å²) in [5, 5.41) is 9.43. The third-order valence-corrected chi connectivity index (χ3v) is 4.80. The Kier molecular flexibility index (Phi) is 5.31. The van der Waals surface area contributed by atoms with Crippen LogP contribution in [0.15, 0.2) is 36.4 Å². The largest absolute Gasteiger partial charge is 0.505 e. The van der Waals surface area contributed by atoms with Gasteiger partial charge in [0, 0.05) is 37.0 Å². The Bertz CT molecular complexity index is 852. The lowest BCUT2D eigenvalue weighted by Gasteiger charge is -2.28. The van der Waals surface area contributed by atoms with Crippen molar-refractivity contribution in [3.8, 4) is 17.2 Å². The molecule has 28 heavy (non-hydrogen) atoms. The van der Waals surface area contributed by atoms with Crippen molar-refractivity contribution in [1.82, 2.24) is 4.90 Å². The van der Waals surface area contributed by atoms with E-state index < -0.39 is 17.7 Å². The standard InChI is InChI=1S/C20H21FN2O5/c21-17-11-14-13-23(20(25)28-19(14)12-18(17)24)15-1-3-16(4-2-15)27-10-7-22-5-8-26-9-6-22/h1-4,11-12,24H,5-10,13H2. The van der Waals surface area contributed by atoms with Gasteiger partial charge in [0.15, 0.2) is 11.6 Å². The highest BCUT2D eigenvalue weighted by molar-refractivity contribution is 5.91. The van der Waals surface area contributed by atoms with Crippen LogP contribution in [0.1, 0.15) is 5.56 Å². The fourth-order valence-corrected chi connectivity index (χ4v) is 3.22. The highest BCUT2D eigenvalue weighted by Crippen LogP contribution is 2.34. The van der Waals surface area contributed by atoms with E-state index in [1.54, 1.807) is 24.3 Å². The third kappa shape index (κ3) is 4.02. The number of nitrogens with zero attached hydrogens (tertiary/aromatic N) is 2. The number of aromatic hydroxyl groups is 1. The van der Waals surface area contributed by atoms with Gasteiger partial charge in [-0.05, 0) is 30.3 Å². The zero-order valence-corrected chi connectivity index (χ0v) is 15.3. The summed E-state index contributed by atoms with van der Waals surface area (Å²) >= 11 is 0. The summed E-state index contributed by atoms with van der Waals surface area (Å²) in [6, 6.07) is 9.38. The number of phenolic OH excluding ortho intramolecular Hbond substituents is 1. The molecule has 0 aliphatic carbocycles. The molecule has 0 bridgehead atoms. The molecule has 0 radical (unpaired) electrons. The van der Waals surface area contributed by atoms with Gasteiger partial charge < -0.3 is 19.3 Å². The zero-order chi connectivity index (χ0) is 19.5. The number of phenols is 1. The van der Waals surface area contributed by atoms with Gasteiger partial charge in [0.25, 0.3) is 0 Å². The minimum absolute atomic E-state index is 0.155. The van der Waals surface area contributed by atoms with E-state index in [-0.39, 0.29) is 12.3 Å². The number of fused-ring (bicyclic) bond motifs is 1. The predicted molar refractivity (Wildman–Crippen MR) is 99.5 cm³/mol. The lowest BCUT2D eigenvalue weighted by molar-refractivity contribution is 0.0322. The average Bonchev–Trinajstić information content (AvgIpc) is 2.70. The Morgan fingerprint density at radius 3 is 2.64 bits per heavy atom. The number of ether oxygens (including phenoxy) is 3. The first kappa shape index (κ1) is 18.5. The number of benzene rings is 2. The Labute approximate surface area is 161 Å². The second-order valence-electron chi connectivity index (χ2n) is 6.66. The first-order valence-corrected chi connectivity index (χ1v) is 9.14. The SMILES string of the molecule is O=C1Oc2cc(O)c(F)cc2CN1c1ccc(OCCN2CCOCC2)cc1. The number of hydrogen-bond acceptors (Lipinski definition) is 6. The lowest BCUT2D eigenvalue weighted by atomic mass is 10.1. The van der Waals surface area contributed by atoms with Gasteiger partial charge in [0.05, 0.1) is 19.8 Å². The van der Waals surface area contributed by atoms with E-state index in [2.05, 4.69) is 4.90 Å². The fourth-order valence-electron chi connectivity index (χ4n) is 3.22. The summed E-state index contributed by atoms with van der Waals surface area (Å²) in [4.78, 5) is 16.0. The molecule has 8 heteroatoms. The van der Waals surface area contributed by atoms with E-state index in [1.807, 2.05) is 0 Å². The maximum absolute atomic E-state index is 13.6. The molecule has 2 aliphatic heterocycles. The molecule has 2 aliphatic rings. The number of hydrogen-bond donors (Lipinski definition) is 1. The van der Waals surface area contributed by atoms with Crippen LogP contribution in [0.25, 0.3) is 0 Å². The van der Waals surface area contributed by atoms with Gasteiger partial charge in [-0.15, -0.1) is 0 Å². The summed E-state index contributed by atoms with van der Waals surface area (Å²) in [6.07, 6.45) is -0.584. The number of halogens is 1. The summed E-state index contributed by atoms with van der Waals surface area (Å²) in [7, 11) is 0. The number of carbonyl (C=O) groups excluding carboxylic acids is 1. The minimum atomic E-state index is -0.749. The second-order valence-corrected chi connectivity index (χ2v) is 6.66. The normalized spacial score (nSPS) is 17.2. The molecule has 4 rings (SSSR count). The van der Waals surface area contributed by atoms with Crippen LogP contribution >= 0.6 is 0 Å². The number of morpholine rings is 1. The third-order valence-electron chi connectivity index (χ3n) is 4.80. The van der Waals surface area contributed by atoms with Gasteiger partial charge in [-0.3, -0.25) is 9.80 Å². The van der Waals surface area contributed by atoms with E-state index in [4.69, 9.17) is 14.2 Å². The van der Waals surface area contributed by atoms with Crippen LogP contribution in [0.5, 0.6) is 17.2 Å². The quantitative estimate of drug-likeness (QED) is 0.849. The Morgan fingerprint density at radius 2 is 1.89 bits per heavy atom. The molecule has 1 N–H and O–H groups in total. The van der Waals surface area contributed by atoms with Crippen LogP contribution in [-0.2, 0) is 11.3 Å². The van der Waals surface area contributed by atoms with Gasteiger partial charge in [-0.2, -0.15) is 0 Å². The fraction of sp³-hybridized carbons (Fsp3) is 0.350. The minimum Gasteiger partial charge on any atom is -0.505 e. The Balaban J connectivity index is 1.38. The molecule has 0 aromatic heterocycles. The molecule has 2 heterocycles. The molecule has 0 atom stereocenters. The number of rotatable bonds is 5. The number of amides is 1. The van der Waals surface area contributed by atoms with Crippen molar-refractivity contribution < 1.29 is 28.5 Å². The summed E-state index contributed by atoms with van der Waals surface area (Å²) in [5.41, 5.74) is 1.10. The maximum atomic E-state index is 13.6. The van der Waals surface area contributed by atoms with Crippen LogP contribution in [0.3, 0.4) is 0 Å². The highest BCUT2D eigenvalue weighted by Gasteiger charge is 2.27. The van der Waals surface area contributed by atoms with E-state index in [0.717, 1.165) is 38.9 Å². The molecule has 0 saturated carbocycles. The summed E-state index contributed by atoms with van der Waals surface area (Å²) < 4.78 is 29.9. The van der Waals surface area contributed by atoms with Crippen molar-refractivity contribution in [3.05, 3.63) is 47.8 Å². The highest BCUT2D eigenvalue weighted by atomic mass is 19.1. The lowest BCUT2D eigenvalue weighted by Crippen LogP contribution is -2.38. The average molecular weight is 388 g/mol. The molecule has 0 spiro atoms. The zero-order valence-electron chi connectivity index (χ0n) is 15.3. The molecule has 2 aromatic rings. The van der Waals surface area contributed by atoms with Gasteiger partial charge in [0.1, 0.15) is 18.1 Å². The van der Waals surface area contributed by atoms with Crippen LogP contribution in [0, 0.1) is 5.82 Å². The molecule has 7 nitrogen and oxygen atoms in total.